The molecule has 2 atom stereocenters. The lowest BCUT2D eigenvalue weighted by Crippen LogP contribution is -2.31. The third-order valence-electron chi connectivity index (χ3n) is 3.74. The van der Waals surface area contributed by atoms with E-state index in [2.05, 4.69) is 12.2 Å². The molecule has 2 rings (SSSR count). The van der Waals surface area contributed by atoms with Crippen molar-refractivity contribution < 1.29 is 9.90 Å². The molecule has 1 saturated carbocycles. The van der Waals surface area contributed by atoms with Crippen LogP contribution in [0.15, 0.2) is 24.3 Å². The summed E-state index contributed by atoms with van der Waals surface area (Å²) in [6.45, 7) is 2.99. The molecule has 3 heteroatoms. The molecule has 0 radical (unpaired) electrons. The molecule has 1 fully saturated rings. The average Bonchev–Trinajstić information content (AvgIpc) is 2.37. The highest BCUT2D eigenvalue weighted by molar-refractivity contribution is 5.96. The predicted molar refractivity (Wildman–Crippen MR) is 71.6 cm³/mol. The van der Waals surface area contributed by atoms with Crippen LogP contribution in [-0.4, -0.2) is 17.6 Å². The van der Waals surface area contributed by atoms with E-state index >= 15 is 0 Å². The number of hydrogen-bond acceptors (Lipinski definition) is 2. The first kappa shape index (κ1) is 12.9. The number of aromatic hydroxyl groups is 1. The highest BCUT2D eigenvalue weighted by Gasteiger charge is 2.20. The monoisotopic (exact) mass is 247 g/mol. The molecule has 1 aliphatic carbocycles. The number of phenolic OH excluding ortho intramolecular Hbond substituents is 1. The van der Waals surface area contributed by atoms with E-state index in [0.717, 1.165) is 12.5 Å². The van der Waals surface area contributed by atoms with E-state index in [1.54, 1.807) is 18.2 Å². The maximum atomic E-state index is 11.9. The molecule has 2 N–H and O–H groups in total. The van der Waals surface area contributed by atoms with Gasteiger partial charge in [0.2, 0.25) is 0 Å². The van der Waals surface area contributed by atoms with Crippen molar-refractivity contribution in [2.24, 2.45) is 11.8 Å². The topological polar surface area (TPSA) is 49.3 Å². The fourth-order valence-electron chi connectivity index (χ4n) is 2.74. The molecule has 0 bridgehead atoms. The summed E-state index contributed by atoms with van der Waals surface area (Å²) in [4.78, 5) is 11.9. The van der Waals surface area contributed by atoms with Gasteiger partial charge in [-0.05, 0) is 36.8 Å². The van der Waals surface area contributed by atoms with Crippen molar-refractivity contribution in [1.82, 2.24) is 5.32 Å². The SMILES string of the molecule is CC1CCCC(CNC(=O)c2ccccc2O)C1. The molecule has 0 spiro atoms. The van der Waals surface area contributed by atoms with E-state index in [1.165, 1.54) is 31.7 Å². The Morgan fingerprint density at radius 2 is 2.17 bits per heavy atom. The number of carbonyl (C=O) groups excluding carboxylic acids is 1. The molecule has 0 aliphatic heterocycles. The van der Waals surface area contributed by atoms with Crippen molar-refractivity contribution in [2.45, 2.75) is 32.6 Å². The minimum atomic E-state index is -0.175. The van der Waals surface area contributed by atoms with Crippen molar-refractivity contribution in [3.8, 4) is 5.75 Å². The van der Waals surface area contributed by atoms with Crippen LogP contribution < -0.4 is 5.32 Å². The molecule has 98 valence electrons. The van der Waals surface area contributed by atoms with Crippen LogP contribution in [0.3, 0.4) is 0 Å². The summed E-state index contributed by atoms with van der Waals surface area (Å²) in [5.41, 5.74) is 0.362. The predicted octanol–water partition coefficient (Wildman–Crippen LogP) is 2.95. The molecule has 2 unspecified atom stereocenters. The second-order valence-electron chi connectivity index (χ2n) is 5.36. The maximum absolute atomic E-state index is 11.9. The minimum absolute atomic E-state index is 0.0482. The smallest absolute Gasteiger partial charge is 0.255 e. The number of amides is 1. The van der Waals surface area contributed by atoms with Gasteiger partial charge in [-0.3, -0.25) is 4.79 Å². The lowest BCUT2D eigenvalue weighted by atomic mass is 9.82. The molecule has 18 heavy (non-hydrogen) atoms. The molecular weight excluding hydrogens is 226 g/mol. The van der Waals surface area contributed by atoms with Gasteiger partial charge in [-0.25, -0.2) is 0 Å². The molecule has 1 aliphatic rings. The molecule has 0 saturated heterocycles. The van der Waals surface area contributed by atoms with Gasteiger partial charge in [-0.1, -0.05) is 31.9 Å². The zero-order chi connectivity index (χ0) is 13.0. The second-order valence-corrected chi connectivity index (χ2v) is 5.36. The van der Waals surface area contributed by atoms with E-state index in [1.807, 2.05) is 0 Å². The second kappa shape index (κ2) is 5.89. The van der Waals surface area contributed by atoms with E-state index < -0.39 is 0 Å². The van der Waals surface area contributed by atoms with Gasteiger partial charge in [0.05, 0.1) is 5.56 Å². The van der Waals surface area contributed by atoms with Gasteiger partial charge in [0.1, 0.15) is 5.75 Å². The summed E-state index contributed by atoms with van der Waals surface area (Å²) in [5.74, 6) is 1.23. The first-order chi connectivity index (χ1) is 8.66. The van der Waals surface area contributed by atoms with Gasteiger partial charge in [0.15, 0.2) is 0 Å². The van der Waals surface area contributed by atoms with Crippen LogP contribution in [0.2, 0.25) is 0 Å². The molecule has 3 nitrogen and oxygen atoms in total. The van der Waals surface area contributed by atoms with Gasteiger partial charge in [-0.2, -0.15) is 0 Å². The molecule has 0 heterocycles. The highest BCUT2D eigenvalue weighted by Crippen LogP contribution is 2.28. The molecule has 1 aromatic rings. The minimum Gasteiger partial charge on any atom is -0.507 e. The Balaban J connectivity index is 1.87. The van der Waals surface area contributed by atoms with Crippen LogP contribution in [0.25, 0.3) is 0 Å². The van der Waals surface area contributed by atoms with E-state index in [4.69, 9.17) is 0 Å². The summed E-state index contributed by atoms with van der Waals surface area (Å²) < 4.78 is 0. The standard InChI is InChI=1S/C15H21NO2/c1-11-5-4-6-12(9-11)10-16-15(18)13-7-2-3-8-14(13)17/h2-3,7-8,11-12,17H,4-6,9-10H2,1H3,(H,16,18). The summed E-state index contributed by atoms with van der Waals surface area (Å²) in [5, 5.41) is 12.5. The number of nitrogens with one attached hydrogen (secondary N) is 1. The van der Waals surface area contributed by atoms with Crippen molar-refractivity contribution in [3.05, 3.63) is 29.8 Å². The molecule has 1 aromatic carbocycles. The van der Waals surface area contributed by atoms with Gasteiger partial charge >= 0.3 is 0 Å². The van der Waals surface area contributed by atoms with Gasteiger partial charge in [0, 0.05) is 6.54 Å². The van der Waals surface area contributed by atoms with Crippen molar-refractivity contribution in [2.75, 3.05) is 6.54 Å². The first-order valence-electron chi connectivity index (χ1n) is 6.73. The third-order valence-corrected chi connectivity index (χ3v) is 3.74. The fourth-order valence-corrected chi connectivity index (χ4v) is 2.74. The quantitative estimate of drug-likeness (QED) is 0.862. The van der Waals surface area contributed by atoms with Crippen LogP contribution in [0, 0.1) is 11.8 Å². The van der Waals surface area contributed by atoms with Gasteiger partial charge in [-0.15, -0.1) is 0 Å². The number of carbonyl (C=O) groups is 1. The zero-order valence-electron chi connectivity index (χ0n) is 10.9. The molecule has 1 amide bonds. The number of rotatable bonds is 3. The number of phenols is 1. The lowest BCUT2D eigenvalue weighted by molar-refractivity contribution is 0.0938. The van der Waals surface area contributed by atoms with Crippen LogP contribution in [-0.2, 0) is 0 Å². The fraction of sp³-hybridized carbons (Fsp3) is 0.533. The Labute approximate surface area is 108 Å². The molecule has 0 aromatic heterocycles. The normalized spacial score (nSPS) is 23.6. The summed E-state index contributed by atoms with van der Waals surface area (Å²) in [6, 6.07) is 6.66. The Hall–Kier alpha value is -1.51. The first-order valence-corrected chi connectivity index (χ1v) is 6.73. The van der Waals surface area contributed by atoms with Crippen LogP contribution in [0.5, 0.6) is 5.75 Å². The number of hydrogen-bond donors (Lipinski definition) is 2. The Bertz CT molecular complexity index is 417. The number of benzene rings is 1. The van der Waals surface area contributed by atoms with Gasteiger partial charge < -0.3 is 10.4 Å². The zero-order valence-corrected chi connectivity index (χ0v) is 10.9. The highest BCUT2D eigenvalue weighted by atomic mass is 16.3. The largest absolute Gasteiger partial charge is 0.507 e. The summed E-state index contributed by atoms with van der Waals surface area (Å²) in [6.07, 6.45) is 4.97. The van der Waals surface area contributed by atoms with Crippen LogP contribution >= 0.6 is 0 Å². The maximum Gasteiger partial charge on any atom is 0.255 e. The summed E-state index contributed by atoms with van der Waals surface area (Å²) >= 11 is 0. The van der Waals surface area contributed by atoms with Crippen molar-refractivity contribution in [3.63, 3.8) is 0 Å². The van der Waals surface area contributed by atoms with Crippen molar-refractivity contribution >= 4 is 5.91 Å². The van der Waals surface area contributed by atoms with E-state index in [-0.39, 0.29) is 11.7 Å². The van der Waals surface area contributed by atoms with Gasteiger partial charge in [0.25, 0.3) is 5.91 Å². The summed E-state index contributed by atoms with van der Waals surface area (Å²) in [7, 11) is 0. The molecular formula is C15H21NO2. The average molecular weight is 247 g/mol. The number of para-hydroxylation sites is 1. The van der Waals surface area contributed by atoms with Crippen molar-refractivity contribution in [1.29, 1.82) is 0 Å². The third kappa shape index (κ3) is 3.25. The lowest BCUT2D eigenvalue weighted by Gasteiger charge is -2.26. The van der Waals surface area contributed by atoms with E-state index in [0.29, 0.717) is 11.5 Å². The Morgan fingerprint density at radius 1 is 1.39 bits per heavy atom. The Morgan fingerprint density at radius 3 is 2.89 bits per heavy atom. The van der Waals surface area contributed by atoms with Crippen LogP contribution in [0.1, 0.15) is 43.0 Å². The Kier molecular flexibility index (Phi) is 4.24. The van der Waals surface area contributed by atoms with E-state index in [9.17, 15) is 9.90 Å². The van der Waals surface area contributed by atoms with Crippen LogP contribution in [0.4, 0.5) is 0 Å².